The van der Waals surface area contributed by atoms with Gasteiger partial charge >= 0.3 is 0 Å². The molecule has 1 aromatic heterocycles. The molecule has 0 aliphatic carbocycles. The van der Waals surface area contributed by atoms with Gasteiger partial charge in [-0.25, -0.2) is 0 Å². The molecular formula is C19H32N4O2. The van der Waals surface area contributed by atoms with Gasteiger partial charge < -0.3 is 9.64 Å². The standard InChI is InChI=1S/C19H32N4O2/c1-16(2)23-15-17(13-20-23)14-21-7-4-8-22(10-9-21)18(24)19(3)5-11-25-12-6-19/h13,15-16H,4-12,14H2,1-3H3. The molecule has 3 rings (SSSR count). The van der Waals surface area contributed by atoms with E-state index in [4.69, 9.17) is 4.74 Å². The van der Waals surface area contributed by atoms with Gasteiger partial charge in [0.15, 0.2) is 0 Å². The Morgan fingerprint density at radius 1 is 1.24 bits per heavy atom. The van der Waals surface area contributed by atoms with Crippen molar-refractivity contribution in [2.45, 2.75) is 52.6 Å². The van der Waals surface area contributed by atoms with Crippen LogP contribution in [-0.2, 0) is 16.1 Å². The lowest BCUT2D eigenvalue weighted by atomic mass is 9.81. The molecule has 2 aliphatic rings. The molecule has 0 N–H and O–H groups in total. The molecule has 2 fully saturated rings. The Hall–Kier alpha value is -1.40. The smallest absolute Gasteiger partial charge is 0.228 e. The van der Waals surface area contributed by atoms with E-state index in [2.05, 4.69) is 41.9 Å². The van der Waals surface area contributed by atoms with Gasteiger partial charge in [0.25, 0.3) is 0 Å². The van der Waals surface area contributed by atoms with Crippen LogP contribution in [0.25, 0.3) is 0 Å². The highest BCUT2D eigenvalue weighted by atomic mass is 16.5. The van der Waals surface area contributed by atoms with Crippen LogP contribution in [-0.4, -0.2) is 64.9 Å². The molecule has 3 heterocycles. The molecule has 140 valence electrons. The zero-order valence-corrected chi connectivity index (χ0v) is 15.9. The summed E-state index contributed by atoms with van der Waals surface area (Å²) < 4.78 is 7.45. The number of amides is 1. The number of hydrogen-bond acceptors (Lipinski definition) is 4. The minimum atomic E-state index is -0.230. The van der Waals surface area contributed by atoms with Gasteiger partial charge in [-0.2, -0.15) is 5.10 Å². The van der Waals surface area contributed by atoms with Crippen LogP contribution >= 0.6 is 0 Å². The fourth-order valence-electron chi connectivity index (χ4n) is 3.75. The maximum Gasteiger partial charge on any atom is 0.228 e. The predicted octanol–water partition coefficient (Wildman–Crippen LogP) is 2.32. The molecule has 0 radical (unpaired) electrons. The number of hydrogen-bond donors (Lipinski definition) is 0. The van der Waals surface area contributed by atoms with E-state index in [1.807, 2.05) is 10.9 Å². The van der Waals surface area contributed by atoms with Crippen molar-refractivity contribution in [3.8, 4) is 0 Å². The molecule has 1 aromatic rings. The number of carbonyl (C=O) groups excluding carboxylic acids is 1. The number of aromatic nitrogens is 2. The van der Waals surface area contributed by atoms with Crippen molar-refractivity contribution in [1.82, 2.24) is 19.6 Å². The Kier molecular flexibility index (Phi) is 5.79. The monoisotopic (exact) mass is 348 g/mol. The second-order valence-corrected chi connectivity index (χ2v) is 8.02. The van der Waals surface area contributed by atoms with E-state index in [0.717, 1.165) is 52.0 Å². The third-order valence-electron chi connectivity index (χ3n) is 5.58. The Morgan fingerprint density at radius 2 is 2.00 bits per heavy atom. The van der Waals surface area contributed by atoms with Crippen LogP contribution < -0.4 is 0 Å². The third-order valence-corrected chi connectivity index (χ3v) is 5.58. The average Bonchev–Trinajstić information content (AvgIpc) is 2.94. The van der Waals surface area contributed by atoms with Gasteiger partial charge in [0, 0.05) is 63.7 Å². The van der Waals surface area contributed by atoms with E-state index < -0.39 is 0 Å². The van der Waals surface area contributed by atoms with Gasteiger partial charge in [-0.3, -0.25) is 14.4 Å². The first-order chi connectivity index (χ1) is 12.0. The highest BCUT2D eigenvalue weighted by molar-refractivity contribution is 5.82. The van der Waals surface area contributed by atoms with Crippen molar-refractivity contribution in [1.29, 1.82) is 0 Å². The summed E-state index contributed by atoms with van der Waals surface area (Å²) in [6, 6.07) is 0.395. The van der Waals surface area contributed by atoms with Gasteiger partial charge in [0.1, 0.15) is 0 Å². The second kappa shape index (κ2) is 7.87. The molecule has 2 aliphatic heterocycles. The maximum absolute atomic E-state index is 13.0. The second-order valence-electron chi connectivity index (χ2n) is 8.02. The average molecular weight is 348 g/mol. The van der Waals surface area contributed by atoms with E-state index >= 15 is 0 Å². The van der Waals surface area contributed by atoms with Crippen LogP contribution in [0.2, 0.25) is 0 Å². The summed E-state index contributed by atoms with van der Waals surface area (Å²) >= 11 is 0. The zero-order valence-electron chi connectivity index (χ0n) is 15.9. The van der Waals surface area contributed by atoms with E-state index in [9.17, 15) is 4.79 Å². The Morgan fingerprint density at radius 3 is 2.68 bits per heavy atom. The van der Waals surface area contributed by atoms with Crippen LogP contribution in [0, 0.1) is 5.41 Å². The first-order valence-corrected chi connectivity index (χ1v) is 9.60. The molecule has 6 nitrogen and oxygen atoms in total. The van der Waals surface area contributed by atoms with Crippen molar-refractivity contribution < 1.29 is 9.53 Å². The van der Waals surface area contributed by atoms with Crippen LogP contribution in [0.15, 0.2) is 12.4 Å². The van der Waals surface area contributed by atoms with Crippen LogP contribution in [0.5, 0.6) is 0 Å². The number of ether oxygens (including phenoxy) is 1. The van der Waals surface area contributed by atoms with Crippen LogP contribution in [0.4, 0.5) is 0 Å². The zero-order chi connectivity index (χ0) is 17.9. The quantitative estimate of drug-likeness (QED) is 0.838. The number of carbonyl (C=O) groups is 1. The molecular weight excluding hydrogens is 316 g/mol. The predicted molar refractivity (Wildman–Crippen MR) is 97.2 cm³/mol. The lowest BCUT2D eigenvalue weighted by Crippen LogP contribution is -2.46. The Balaban J connectivity index is 1.55. The highest BCUT2D eigenvalue weighted by Gasteiger charge is 2.38. The van der Waals surface area contributed by atoms with Crippen molar-refractivity contribution in [3.63, 3.8) is 0 Å². The number of nitrogens with zero attached hydrogens (tertiary/aromatic N) is 4. The van der Waals surface area contributed by atoms with Gasteiger partial charge in [0.05, 0.1) is 11.6 Å². The van der Waals surface area contributed by atoms with Gasteiger partial charge in [-0.15, -0.1) is 0 Å². The maximum atomic E-state index is 13.0. The van der Waals surface area contributed by atoms with Gasteiger partial charge in [0.2, 0.25) is 5.91 Å². The van der Waals surface area contributed by atoms with Crippen LogP contribution in [0.3, 0.4) is 0 Å². The summed E-state index contributed by atoms with van der Waals surface area (Å²) in [5, 5.41) is 4.43. The molecule has 1 amide bonds. The molecule has 25 heavy (non-hydrogen) atoms. The summed E-state index contributed by atoms with van der Waals surface area (Å²) in [6.45, 7) is 12.4. The topological polar surface area (TPSA) is 50.6 Å². The summed E-state index contributed by atoms with van der Waals surface area (Å²) in [5.41, 5.74) is 1.02. The van der Waals surface area contributed by atoms with Crippen molar-refractivity contribution >= 4 is 5.91 Å². The van der Waals surface area contributed by atoms with E-state index in [-0.39, 0.29) is 5.41 Å². The van der Waals surface area contributed by atoms with Gasteiger partial charge in [-0.1, -0.05) is 6.92 Å². The molecule has 0 unspecified atom stereocenters. The summed E-state index contributed by atoms with van der Waals surface area (Å²) in [6.07, 6.45) is 6.84. The lowest BCUT2D eigenvalue weighted by Gasteiger charge is -2.36. The van der Waals surface area contributed by atoms with E-state index in [0.29, 0.717) is 25.2 Å². The third kappa shape index (κ3) is 4.42. The molecule has 6 heteroatoms. The van der Waals surface area contributed by atoms with Crippen molar-refractivity contribution in [3.05, 3.63) is 18.0 Å². The highest BCUT2D eigenvalue weighted by Crippen LogP contribution is 2.32. The summed E-state index contributed by atoms with van der Waals surface area (Å²) in [5.74, 6) is 0.324. The normalized spacial score (nSPS) is 22.2. The number of rotatable bonds is 4. The van der Waals surface area contributed by atoms with E-state index in [1.54, 1.807) is 0 Å². The Bertz CT molecular complexity index is 578. The lowest BCUT2D eigenvalue weighted by molar-refractivity contribution is -0.146. The van der Waals surface area contributed by atoms with Crippen molar-refractivity contribution in [2.24, 2.45) is 5.41 Å². The minimum Gasteiger partial charge on any atom is -0.381 e. The van der Waals surface area contributed by atoms with Crippen molar-refractivity contribution in [2.75, 3.05) is 39.4 Å². The molecule has 0 aromatic carbocycles. The summed E-state index contributed by atoms with van der Waals surface area (Å²) in [4.78, 5) is 17.5. The molecule has 2 saturated heterocycles. The largest absolute Gasteiger partial charge is 0.381 e. The minimum absolute atomic E-state index is 0.230. The fourth-order valence-corrected chi connectivity index (χ4v) is 3.75. The van der Waals surface area contributed by atoms with E-state index in [1.165, 1.54) is 5.56 Å². The summed E-state index contributed by atoms with van der Waals surface area (Å²) in [7, 11) is 0. The molecule has 0 atom stereocenters. The first kappa shape index (κ1) is 18.4. The molecule has 0 saturated carbocycles. The first-order valence-electron chi connectivity index (χ1n) is 9.60. The Labute approximate surface area is 151 Å². The fraction of sp³-hybridized carbons (Fsp3) is 0.789. The SMILES string of the molecule is CC(C)n1cc(CN2CCCN(C(=O)C3(C)CCOCC3)CC2)cn1. The van der Waals surface area contributed by atoms with Crippen LogP contribution in [0.1, 0.15) is 51.6 Å². The van der Waals surface area contributed by atoms with Gasteiger partial charge in [-0.05, 0) is 33.1 Å². The molecule has 0 spiro atoms. The molecule has 0 bridgehead atoms.